The van der Waals surface area contributed by atoms with Gasteiger partial charge in [-0.1, -0.05) is 18.2 Å². The number of aliphatic hydroxyl groups is 1. The highest BCUT2D eigenvalue weighted by Gasteiger charge is 2.37. The van der Waals surface area contributed by atoms with Crippen LogP contribution in [0, 0.1) is 0 Å². The van der Waals surface area contributed by atoms with Crippen LogP contribution in [0.25, 0.3) is 0 Å². The first-order chi connectivity index (χ1) is 12.5. The van der Waals surface area contributed by atoms with Crippen molar-refractivity contribution in [2.24, 2.45) is 0 Å². The minimum Gasteiger partial charge on any atom is -0.506 e. The first-order valence-corrected chi connectivity index (χ1v) is 9.78. The van der Waals surface area contributed by atoms with Crippen molar-refractivity contribution in [1.82, 2.24) is 9.88 Å². The van der Waals surface area contributed by atoms with Crippen molar-refractivity contribution in [3.05, 3.63) is 54.4 Å². The van der Waals surface area contributed by atoms with E-state index in [1.807, 2.05) is 42.3 Å². The number of benzene rings is 1. The molecule has 6 heteroatoms. The van der Waals surface area contributed by atoms with Gasteiger partial charge in [-0.25, -0.2) is 0 Å². The second-order valence-corrected chi connectivity index (χ2v) is 7.82. The molecule has 1 aliphatic carbocycles. The van der Waals surface area contributed by atoms with Crippen molar-refractivity contribution >= 4 is 17.7 Å². The van der Waals surface area contributed by atoms with Crippen molar-refractivity contribution in [3.8, 4) is 5.75 Å². The van der Waals surface area contributed by atoms with Crippen LogP contribution in [0.4, 0.5) is 0 Å². The number of rotatable bonds is 5. The van der Waals surface area contributed by atoms with E-state index in [-0.39, 0.29) is 17.7 Å². The van der Waals surface area contributed by atoms with E-state index in [4.69, 9.17) is 0 Å². The van der Waals surface area contributed by atoms with Crippen molar-refractivity contribution in [2.45, 2.75) is 42.2 Å². The maximum absolute atomic E-state index is 12.5. The smallest absolute Gasteiger partial charge is 0.232 e. The summed E-state index contributed by atoms with van der Waals surface area (Å²) < 4.78 is 0. The normalized spacial score (nSPS) is 22.8. The molecule has 1 aromatic carbocycles. The van der Waals surface area contributed by atoms with Gasteiger partial charge in [0.2, 0.25) is 5.91 Å². The van der Waals surface area contributed by atoms with Crippen molar-refractivity contribution in [1.29, 1.82) is 0 Å². The summed E-state index contributed by atoms with van der Waals surface area (Å²) in [5.41, 5.74) is -0.394. The van der Waals surface area contributed by atoms with Gasteiger partial charge in [-0.05, 0) is 49.9 Å². The maximum Gasteiger partial charge on any atom is 0.232 e. The summed E-state index contributed by atoms with van der Waals surface area (Å²) in [7, 11) is 1.85. The molecular formula is C20H24N2O3S. The van der Waals surface area contributed by atoms with Gasteiger partial charge < -0.3 is 15.1 Å². The minimum atomic E-state index is -0.979. The van der Waals surface area contributed by atoms with E-state index >= 15 is 0 Å². The zero-order chi connectivity index (χ0) is 18.6. The first-order valence-electron chi connectivity index (χ1n) is 8.79. The lowest BCUT2D eigenvalue weighted by Gasteiger charge is -2.39. The van der Waals surface area contributed by atoms with Crippen LogP contribution in [0.5, 0.6) is 5.75 Å². The molecule has 0 bridgehead atoms. The number of hydrogen-bond acceptors (Lipinski definition) is 5. The third-order valence-electron chi connectivity index (χ3n) is 5.05. The molecule has 26 heavy (non-hydrogen) atoms. The van der Waals surface area contributed by atoms with Gasteiger partial charge in [0.15, 0.2) is 0 Å². The molecule has 0 spiro atoms. The van der Waals surface area contributed by atoms with Crippen molar-refractivity contribution in [3.63, 3.8) is 0 Å². The lowest BCUT2D eigenvalue weighted by atomic mass is 9.79. The average molecular weight is 372 g/mol. The molecule has 1 aromatic heterocycles. The fourth-order valence-electron chi connectivity index (χ4n) is 3.35. The fraction of sp³-hybridized carbons (Fsp3) is 0.400. The molecule has 0 unspecified atom stereocenters. The Hall–Kier alpha value is -2.05. The van der Waals surface area contributed by atoms with Crippen LogP contribution < -0.4 is 0 Å². The maximum atomic E-state index is 12.5. The number of amides is 1. The van der Waals surface area contributed by atoms with Gasteiger partial charge in [-0.15, -0.1) is 11.8 Å². The van der Waals surface area contributed by atoms with E-state index in [0.717, 1.165) is 17.7 Å². The lowest BCUT2D eigenvalue weighted by molar-refractivity contribution is -0.131. The van der Waals surface area contributed by atoms with Gasteiger partial charge >= 0.3 is 0 Å². The molecule has 0 atom stereocenters. The molecule has 138 valence electrons. The molecule has 2 N–H and O–H groups in total. The topological polar surface area (TPSA) is 73.7 Å². The van der Waals surface area contributed by atoms with Crippen LogP contribution in [0.2, 0.25) is 0 Å². The highest BCUT2D eigenvalue weighted by molar-refractivity contribution is 8.00. The zero-order valence-electron chi connectivity index (χ0n) is 14.8. The summed E-state index contributed by atoms with van der Waals surface area (Å²) >= 11 is 1.54. The zero-order valence-corrected chi connectivity index (χ0v) is 15.7. The number of hydrogen-bond donors (Lipinski definition) is 2. The monoisotopic (exact) mass is 372 g/mol. The number of carbonyl (C=O) groups is 1. The van der Waals surface area contributed by atoms with E-state index in [1.165, 1.54) is 6.20 Å². The van der Waals surface area contributed by atoms with E-state index < -0.39 is 5.60 Å². The molecule has 0 aliphatic heterocycles. The molecule has 1 amide bonds. The van der Waals surface area contributed by atoms with Crippen LogP contribution in [-0.2, 0) is 10.4 Å². The Morgan fingerprint density at radius 3 is 2.54 bits per heavy atom. The Labute approximate surface area is 158 Å². The molecule has 1 heterocycles. The number of aromatic nitrogens is 1. The van der Waals surface area contributed by atoms with Crippen molar-refractivity contribution < 1.29 is 15.0 Å². The van der Waals surface area contributed by atoms with E-state index in [2.05, 4.69) is 4.98 Å². The second-order valence-electron chi connectivity index (χ2n) is 6.77. The van der Waals surface area contributed by atoms with Gasteiger partial charge in [0.25, 0.3) is 0 Å². The van der Waals surface area contributed by atoms with Gasteiger partial charge in [-0.3, -0.25) is 9.78 Å². The Kier molecular flexibility index (Phi) is 5.84. The summed E-state index contributed by atoms with van der Waals surface area (Å²) in [5.74, 6) is 0.616. The third-order valence-corrected chi connectivity index (χ3v) is 6.05. The van der Waals surface area contributed by atoms with Gasteiger partial charge in [0, 0.05) is 18.0 Å². The predicted octanol–water partition coefficient (Wildman–Crippen LogP) is 3.17. The predicted molar refractivity (Wildman–Crippen MR) is 102 cm³/mol. The highest BCUT2D eigenvalue weighted by Crippen LogP contribution is 2.38. The van der Waals surface area contributed by atoms with Crippen LogP contribution in [0.15, 0.2) is 53.6 Å². The molecule has 3 rings (SSSR count). The molecule has 0 saturated heterocycles. The number of nitrogens with zero attached hydrogens (tertiary/aromatic N) is 2. The van der Waals surface area contributed by atoms with E-state index in [1.54, 1.807) is 23.9 Å². The number of pyridine rings is 1. The van der Waals surface area contributed by atoms with Crippen molar-refractivity contribution in [2.75, 3.05) is 12.8 Å². The van der Waals surface area contributed by atoms with E-state index in [0.29, 0.717) is 24.3 Å². The lowest BCUT2D eigenvalue weighted by Crippen LogP contribution is -2.44. The molecular weight excluding hydrogens is 348 g/mol. The van der Waals surface area contributed by atoms with Crippen LogP contribution in [0.1, 0.15) is 31.4 Å². The Morgan fingerprint density at radius 1 is 1.23 bits per heavy atom. The SMILES string of the molecule is CN(C(=O)CSc1ccccc1)C1CCC(O)(c2ccc(O)cn2)CC1. The average Bonchev–Trinajstić information content (AvgIpc) is 2.67. The molecule has 2 aromatic rings. The van der Waals surface area contributed by atoms with Crippen LogP contribution >= 0.6 is 11.8 Å². The number of aromatic hydroxyl groups is 1. The number of thioether (sulfide) groups is 1. The number of carbonyl (C=O) groups excluding carboxylic acids is 1. The molecule has 1 saturated carbocycles. The summed E-state index contributed by atoms with van der Waals surface area (Å²) in [5, 5.41) is 20.2. The Bertz CT molecular complexity index is 728. The highest BCUT2D eigenvalue weighted by atomic mass is 32.2. The summed E-state index contributed by atoms with van der Waals surface area (Å²) in [4.78, 5) is 19.6. The second kappa shape index (κ2) is 8.10. The third kappa shape index (κ3) is 4.37. The van der Waals surface area contributed by atoms with E-state index in [9.17, 15) is 15.0 Å². The quantitative estimate of drug-likeness (QED) is 0.789. The van der Waals surface area contributed by atoms with Crippen LogP contribution in [0.3, 0.4) is 0 Å². The summed E-state index contributed by atoms with van der Waals surface area (Å²) in [6.45, 7) is 0. The molecule has 0 radical (unpaired) electrons. The summed E-state index contributed by atoms with van der Waals surface area (Å²) in [6, 6.07) is 13.3. The fourth-order valence-corrected chi connectivity index (χ4v) is 4.20. The van der Waals surface area contributed by atoms with Gasteiger partial charge in [-0.2, -0.15) is 0 Å². The molecule has 1 fully saturated rings. The molecule has 1 aliphatic rings. The summed E-state index contributed by atoms with van der Waals surface area (Å²) in [6.07, 6.45) is 3.93. The minimum absolute atomic E-state index is 0.0901. The Balaban J connectivity index is 1.53. The van der Waals surface area contributed by atoms with Gasteiger partial charge in [0.05, 0.1) is 17.6 Å². The Morgan fingerprint density at radius 2 is 1.92 bits per heavy atom. The standard InChI is InChI=1S/C20H24N2O3S/c1-22(19(24)14-26-17-5-3-2-4-6-17)15-9-11-20(25,12-10-15)18-8-7-16(23)13-21-18/h2-8,13,15,23,25H,9-12,14H2,1H3. The molecule has 5 nitrogen and oxygen atoms in total. The first kappa shape index (κ1) is 18.7. The largest absolute Gasteiger partial charge is 0.506 e. The van der Waals surface area contributed by atoms with Gasteiger partial charge in [0.1, 0.15) is 11.4 Å². The van der Waals surface area contributed by atoms with Crippen LogP contribution in [-0.4, -0.2) is 44.8 Å².